The molecule has 7 heteroatoms. The largest absolute Gasteiger partial charge is 0.480 e. The molecule has 0 radical (unpaired) electrons. The number of hydrogen-bond acceptors (Lipinski definition) is 5. The van der Waals surface area contributed by atoms with E-state index in [1.54, 1.807) is 20.8 Å². The van der Waals surface area contributed by atoms with E-state index in [0.29, 0.717) is 0 Å². The lowest BCUT2D eigenvalue weighted by Gasteiger charge is -2.27. The lowest BCUT2D eigenvalue weighted by Crippen LogP contribution is -2.53. The molecule has 2 atom stereocenters. The number of carbonyl (C=O) groups is 3. The van der Waals surface area contributed by atoms with E-state index in [4.69, 9.17) is 10.8 Å². The van der Waals surface area contributed by atoms with Crippen LogP contribution < -0.4 is 11.1 Å². The van der Waals surface area contributed by atoms with Crippen molar-refractivity contribution in [1.82, 2.24) is 5.32 Å². The van der Waals surface area contributed by atoms with Gasteiger partial charge in [-0.1, -0.05) is 20.8 Å². The Hall–Kier alpha value is -1.63. The summed E-state index contributed by atoms with van der Waals surface area (Å²) in [4.78, 5) is 33.8. The summed E-state index contributed by atoms with van der Waals surface area (Å²) in [5.74, 6) is -2.29. The molecule has 0 saturated heterocycles. The molecule has 0 aliphatic rings. The molecule has 110 valence electrons. The molecule has 7 nitrogen and oxygen atoms in total. The lowest BCUT2D eigenvalue weighted by atomic mass is 9.87. The average molecular weight is 274 g/mol. The molecule has 0 aliphatic carbocycles. The second-order valence-corrected chi connectivity index (χ2v) is 5.36. The van der Waals surface area contributed by atoms with Crippen LogP contribution in [0.4, 0.5) is 0 Å². The zero-order valence-corrected chi connectivity index (χ0v) is 11.7. The Kier molecular flexibility index (Phi) is 6.47. The molecule has 0 aliphatic heterocycles. The molecule has 4 N–H and O–H groups in total. The number of nitrogens with one attached hydrogen (secondary N) is 1. The predicted octanol–water partition coefficient (Wildman–Crippen LogP) is -0.118. The molecule has 0 bridgehead atoms. The maximum absolute atomic E-state index is 11.8. The van der Waals surface area contributed by atoms with Gasteiger partial charge in [0.25, 0.3) is 0 Å². The highest BCUT2D eigenvalue weighted by molar-refractivity contribution is 5.87. The first-order valence-electron chi connectivity index (χ1n) is 5.95. The number of rotatable bonds is 6. The van der Waals surface area contributed by atoms with Crippen molar-refractivity contribution in [1.29, 1.82) is 0 Å². The van der Waals surface area contributed by atoms with Gasteiger partial charge in [0, 0.05) is 6.42 Å². The topological polar surface area (TPSA) is 119 Å². The number of ether oxygens (including phenoxy) is 1. The average Bonchev–Trinajstić information content (AvgIpc) is 2.30. The van der Waals surface area contributed by atoms with Crippen LogP contribution in [0, 0.1) is 5.41 Å². The molecule has 1 amide bonds. The van der Waals surface area contributed by atoms with E-state index in [0.717, 1.165) is 0 Å². The standard InChI is InChI=1S/C12H22N2O5/c1-12(2,3)9(13)10(16)14-7(11(17)18)5-6-8(15)19-4/h7,9H,5-6,13H2,1-4H3,(H,14,16)(H,17,18)/t7-,9?/m0/s1. The number of esters is 1. The summed E-state index contributed by atoms with van der Waals surface area (Å²) in [5.41, 5.74) is 5.25. The second-order valence-electron chi connectivity index (χ2n) is 5.36. The van der Waals surface area contributed by atoms with Crippen molar-refractivity contribution in [2.75, 3.05) is 7.11 Å². The van der Waals surface area contributed by atoms with Crippen molar-refractivity contribution in [3.05, 3.63) is 0 Å². The van der Waals surface area contributed by atoms with Crippen molar-refractivity contribution in [2.24, 2.45) is 11.1 Å². The number of hydrogen-bond donors (Lipinski definition) is 3. The summed E-state index contributed by atoms with van der Waals surface area (Å²) in [6.45, 7) is 5.34. The van der Waals surface area contributed by atoms with Gasteiger partial charge in [0.1, 0.15) is 6.04 Å². The molecule has 0 aromatic heterocycles. The van der Waals surface area contributed by atoms with E-state index >= 15 is 0 Å². The highest BCUT2D eigenvalue weighted by Crippen LogP contribution is 2.17. The van der Waals surface area contributed by atoms with Crippen molar-refractivity contribution >= 4 is 17.8 Å². The van der Waals surface area contributed by atoms with Gasteiger partial charge in [0.2, 0.25) is 5.91 Å². The smallest absolute Gasteiger partial charge is 0.326 e. The number of methoxy groups -OCH3 is 1. The van der Waals surface area contributed by atoms with E-state index in [2.05, 4.69) is 10.1 Å². The maximum atomic E-state index is 11.8. The first kappa shape index (κ1) is 17.4. The third-order valence-corrected chi connectivity index (χ3v) is 2.69. The van der Waals surface area contributed by atoms with Gasteiger partial charge < -0.3 is 20.9 Å². The van der Waals surface area contributed by atoms with Crippen LogP contribution in [-0.2, 0) is 19.1 Å². The van der Waals surface area contributed by atoms with E-state index < -0.39 is 35.3 Å². The van der Waals surface area contributed by atoms with Gasteiger partial charge in [-0.15, -0.1) is 0 Å². The summed E-state index contributed by atoms with van der Waals surface area (Å²) < 4.78 is 4.42. The SMILES string of the molecule is COC(=O)CC[C@H](NC(=O)C(N)C(C)(C)C)C(=O)O. The molecular weight excluding hydrogens is 252 g/mol. The van der Waals surface area contributed by atoms with Gasteiger partial charge in [-0.25, -0.2) is 4.79 Å². The van der Waals surface area contributed by atoms with Gasteiger partial charge in [-0.2, -0.15) is 0 Å². The van der Waals surface area contributed by atoms with E-state index in [1.165, 1.54) is 7.11 Å². The van der Waals surface area contributed by atoms with Gasteiger partial charge in [-0.05, 0) is 11.8 Å². The van der Waals surface area contributed by atoms with Gasteiger partial charge in [0.15, 0.2) is 0 Å². The second kappa shape index (κ2) is 7.08. The normalized spacial score (nSPS) is 14.4. The lowest BCUT2D eigenvalue weighted by molar-refractivity contribution is -0.144. The molecule has 0 fully saturated rings. The Morgan fingerprint density at radius 3 is 2.21 bits per heavy atom. The summed E-state index contributed by atoms with van der Waals surface area (Å²) in [6.07, 6.45) is -0.122. The van der Waals surface area contributed by atoms with Crippen LogP contribution in [0.3, 0.4) is 0 Å². The number of amides is 1. The van der Waals surface area contributed by atoms with Crippen LogP contribution in [-0.4, -0.2) is 42.1 Å². The zero-order chi connectivity index (χ0) is 15.2. The number of carbonyl (C=O) groups excluding carboxylic acids is 2. The van der Waals surface area contributed by atoms with Crippen molar-refractivity contribution in [2.45, 2.75) is 45.7 Å². The monoisotopic (exact) mass is 274 g/mol. The summed E-state index contributed by atoms with van der Waals surface area (Å²) in [6, 6.07) is -1.98. The zero-order valence-electron chi connectivity index (χ0n) is 11.7. The minimum absolute atomic E-state index is 0.0371. The third-order valence-electron chi connectivity index (χ3n) is 2.69. The third kappa shape index (κ3) is 6.19. The minimum atomic E-state index is -1.21. The van der Waals surface area contributed by atoms with Crippen LogP contribution in [0.25, 0.3) is 0 Å². The molecule has 0 heterocycles. The van der Waals surface area contributed by atoms with Crippen LogP contribution in [0.5, 0.6) is 0 Å². The first-order chi connectivity index (χ1) is 8.59. The van der Waals surface area contributed by atoms with Crippen LogP contribution >= 0.6 is 0 Å². The van der Waals surface area contributed by atoms with Crippen molar-refractivity contribution < 1.29 is 24.2 Å². The number of carboxylic acid groups (broad SMARTS) is 1. The Morgan fingerprint density at radius 1 is 1.32 bits per heavy atom. The minimum Gasteiger partial charge on any atom is -0.480 e. The van der Waals surface area contributed by atoms with Crippen LogP contribution in [0.15, 0.2) is 0 Å². The molecule has 19 heavy (non-hydrogen) atoms. The number of carboxylic acids is 1. The quantitative estimate of drug-likeness (QED) is 0.581. The van der Waals surface area contributed by atoms with E-state index in [1.807, 2.05) is 0 Å². The number of nitrogens with two attached hydrogens (primary N) is 1. The van der Waals surface area contributed by atoms with Crippen LogP contribution in [0.1, 0.15) is 33.6 Å². The summed E-state index contributed by atoms with van der Waals surface area (Å²) >= 11 is 0. The molecular formula is C12H22N2O5. The first-order valence-corrected chi connectivity index (χ1v) is 5.95. The van der Waals surface area contributed by atoms with Gasteiger partial charge in [-0.3, -0.25) is 9.59 Å². The van der Waals surface area contributed by atoms with Crippen LogP contribution in [0.2, 0.25) is 0 Å². The fourth-order valence-electron chi connectivity index (χ4n) is 1.28. The Morgan fingerprint density at radius 2 is 1.84 bits per heavy atom. The molecule has 0 aromatic carbocycles. The van der Waals surface area contributed by atoms with Crippen molar-refractivity contribution in [3.63, 3.8) is 0 Å². The Balaban J connectivity index is 4.55. The van der Waals surface area contributed by atoms with Crippen molar-refractivity contribution in [3.8, 4) is 0 Å². The highest BCUT2D eigenvalue weighted by Gasteiger charge is 2.30. The summed E-state index contributed by atoms with van der Waals surface area (Å²) in [7, 11) is 1.21. The summed E-state index contributed by atoms with van der Waals surface area (Å²) in [5, 5.41) is 11.3. The van der Waals surface area contributed by atoms with Gasteiger partial charge in [0.05, 0.1) is 13.2 Å². The fourth-order valence-corrected chi connectivity index (χ4v) is 1.28. The van der Waals surface area contributed by atoms with E-state index in [9.17, 15) is 14.4 Å². The fraction of sp³-hybridized carbons (Fsp3) is 0.750. The molecule has 0 rings (SSSR count). The molecule has 0 spiro atoms. The molecule has 1 unspecified atom stereocenters. The molecule has 0 saturated carbocycles. The highest BCUT2D eigenvalue weighted by atomic mass is 16.5. The Bertz CT molecular complexity index is 349. The van der Waals surface area contributed by atoms with E-state index in [-0.39, 0.29) is 12.8 Å². The molecule has 0 aromatic rings. The predicted molar refractivity (Wildman–Crippen MR) is 68.2 cm³/mol. The maximum Gasteiger partial charge on any atom is 0.326 e. The Labute approximate surface area is 112 Å². The number of aliphatic carboxylic acids is 1. The van der Waals surface area contributed by atoms with Gasteiger partial charge >= 0.3 is 11.9 Å².